The molecule has 3 aromatic rings. The summed E-state index contributed by atoms with van der Waals surface area (Å²) in [6.45, 7) is 0. The lowest BCUT2D eigenvalue weighted by Crippen LogP contribution is -2.13. The first-order valence-corrected chi connectivity index (χ1v) is 9.87. The lowest BCUT2D eigenvalue weighted by molar-refractivity contribution is 0.412. The van der Waals surface area contributed by atoms with Crippen LogP contribution in [0.3, 0.4) is 0 Å². The average Bonchev–Trinajstić information content (AvgIpc) is 2.90. The van der Waals surface area contributed by atoms with Gasteiger partial charge in [0.15, 0.2) is 5.69 Å². The van der Waals surface area contributed by atoms with Gasteiger partial charge in [0.1, 0.15) is 5.75 Å². The van der Waals surface area contributed by atoms with E-state index in [0.717, 1.165) is 0 Å². The maximum Gasteiger partial charge on any atom is 0.238 e. The summed E-state index contributed by atoms with van der Waals surface area (Å²) in [5, 5.41) is 26.8. The van der Waals surface area contributed by atoms with Gasteiger partial charge in [0.25, 0.3) is 0 Å². The fourth-order valence-corrected chi connectivity index (χ4v) is 3.42. The predicted octanol–water partition coefficient (Wildman–Crippen LogP) is 3.02. The topological polar surface area (TPSA) is 131 Å². The van der Waals surface area contributed by atoms with Gasteiger partial charge in [-0.15, -0.1) is 10.2 Å². The number of anilines is 1. The van der Waals surface area contributed by atoms with Gasteiger partial charge < -0.3 is 19.7 Å². The normalized spacial score (nSPS) is 11.8. The number of azo groups is 1. The van der Waals surface area contributed by atoms with Gasteiger partial charge in [-0.3, -0.25) is 0 Å². The third kappa shape index (κ3) is 3.81. The molecule has 4 N–H and O–H groups in total. The summed E-state index contributed by atoms with van der Waals surface area (Å²) in [6, 6.07) is 11.1. The van der Waals surface area contributed by atoms with E-state index in [1.54, 1.807) is 31.3 Å². The van der Waals surface area contributed by atoms with Crippen LogP contribution in [0.5, 0.6) is 11.6 Å². The summed E-state index contributed by atoms with van der Waals surface area (Å²) in [4.78, 5) is -0.0592. The molecule has 9 nitrogen and oxygen atoms in total. The van der Waals surface area contributed by atoms with Crippen LogP contribution in [0, 0.1) is 0 Å². The van der Waals surface area contributed by atoms with E-state index in [1.807, 2.05) is 0 Å². The molecule has 1 heterocycles. The number of sulfonamides is 1. The number of aryl methyl sites for hydroxylation is 1. The number of thiocarbonyl (C=S) groups is 1. The highest BCUT2D eigenvalue weighted by Crippen LogP contribution is 2.41. The first kappa shape index (κ1) is 19.7. The van der Waals surface area contributed by atoms with E-state index in [1.165, 1.54) is 29.9 Å². The number of nitrogens with one attached hydrogen (secondary N) is 1. The second-order valence-corrected chi connectivity index (χ2v) is 7.74. The van der Waals surface area contributed by atoms with Crippen molar-refractivity contribution in [2.45, 2.75) is 4.90 Å². The molecule has 0 unspecified atom stereocenters. The van der Waals surface area contributed by atoms with Crippen LogP contribution in [0.25, 0.3) is 10.9 Å². The molecule has 0 saturated heterocycles. The van der Waals surface area contributed by atoms with Gasteiger partial charge in [0.05, 0.1) is 17.5 Å². The summed E-state index contributed by atoms with van der Waals surface area (Å²) >= 11 is 5.13. The number of aromatic hydroxyl groups is 1. The molecule has 0 radical (unpaired) electrons. The van der Waals surface area contributed by atoms with Crippen molar-refractivity contribution >= 4 is 49.6 Å². The number of nitrogens with two attached hydrogens (primary N) is 1. The molecule has 0 saturated carbocycles. The Morgan fingerprint density at radius 3 is 2.68 bits per heavy atom. The summed E-state index contributed by atoms with van der Waals surface area (Å²) in [7, 11) is -0.624. The SMILES string of the molecule is COc1cccc2c(N=NC(=S)Nc3cccc(S(N)(=O)=O)c3)c(O)n(C)c12. The highest BCUT2D eigenvalue weighted by molar-refractivity contribution is 7.89. The smallest absolute Gasteiger partial charge is 0.238 e. The van der Waals surface area contributed by atoms with Gasteiger partial charge in [-0.05, 0) is 36.5 Å². The van der Waals surface area contributed by atoms with Gasteiger partial charge in [0, 0.05) is 18.1 Å². The molecule has 11 heteroatoms. The van der Waals surface area contributed by atoms with Crippen LogP contribution in [-0.4, -0.2) is 30.3 Å². The molecule has 0 aliphatic rings. The molecule has 0 aliphatic heterocycles. The molecule has 0 atom stereocenters. The standard InChI is InChI=1S/C17H17N5O4S2/c1-22-15-12(7-4-8-13(15)26-2)14(16(22)23)20-21-17(27)19-10-5-3-6-11(9-10)28(18,24)25/h3-9,23H,1-2H3,(H,19,27)(H2,18,24,25). The zero-order valence-electron chi connectivity index (χ0n) is 14.9. The number of para-hydroxylation sites is 1. The average molecular weight is 419 g/mol. The van der Waals surface area contributed by atoms with Gasteiger partial charge >= 0.3 is 0 Å². The van der Waals surface area contributed by atoms with E-state index in [-0.39, 0.29) is 21.6 Å². The number of methoxy groups -OCH3 is 1. The van der Waals surface area contributed by atoms with Crippen molar-refractivity contribution in [2.24, 2.45) is 22.4 Å². The van der Waals surface area contributed by atoms with Crippen LogP contribution in [0.1, 0.15) is 0 Å². The van der Waals surface area contributed by atoms with Crippen LogP contribution in [-0.2, 0) is 17.1 Å². The molecular weight excluding hydrogens is 402 g/mol. The van der Waals surface area contributed by atoms with Crippen molar-refractivity contribution in [1.29, 1.82) is 0 Å². The summed E-state index contributed by atoms with van der Waals surface area (Å²) < 4.78 is 29.7. The lowest BCUT2D eigenvalue weighted by atomic mass is 10.2. The minimum atomic E-state index is -3.84. The number of hydrogen-bond donors (Lipinski definition) is 3. The Bertz CT molecular complexity index is 1200. The Hall–Kier alpha value is -3.02. The highest BCUT2D eigenvalue weighted by Gasteiger charge is 2.17. The first-order valence-electron chi connectivity index (χ1n) is 7.92. The molecule has 1 aromatic heterocycles. The molecule has 2 aromatic carbocycles. The molecule has 0 amide bonds. The van der Waals surface area contributed by atoms with Crippen LogP contribution in [0.15, 0.2) is 57.6 Å². The molecule has 28 heavy (non-hydrogen) atoms. The number of rotatable bonds is 4. The van der Waals surface area contributed by atoms with Gasteiger partial charge in [-0.1, -0.05) is 18.2 Å². The van der Waals surface area contributed by atoms with Crippen molar-refractivity contribution in [1.82, 2.24) is 4.57 Å². The Morgan fingerprint density at radius 2 is 2.00 bits per heavy atom. The summed E-state index contributed by atoms with van der Waals surface area (Å²) in [5.74, 6) is 0.486. The largest absolute Gasteiger partial charge is 0.495 e. The lowest BCUT2D eigenvalue weighted by Gasteiger charge is -2.05. The van der Waals surface area contributed by atoms with E-state index in [0.29, 0.717) is 22.3 Å². The Balaban J connectivity index is 1.89. The molecule has 0 bridgehead atoms. The van der Waals surface area contributed by atoms with Gasteiger partial charge in [-0.2, -0.15) is 0 Å². The number of hydrogen-bond acceptors (Lipinski definition) is 6. The monoisotopic (exact) mass is 419 g/mol. The van der Waals surface area contributed by atoms with E-state index in [4.69, 9.17) is 22.1 Å². The van der Waals surface area contributed by atoms with E-state index < -0.39 is 10.0 Å². The van der Waals surface area contributed by atoms with E-state index in [9.17, 15) is 13.5 Å². The summed E-state index contributed by atoms with van der Waals surface area (Å²) in [6.07, 6.45) is 0. The molecule has 0 spiro atoms. The predicted molar refractivity (Wildman–Crippen MR) is 110 cm³/mol. The van der Waals surface area contributed by atoms with Crippen molar-refractivity contribution in [3.05, 3.63) is 42.5 Å². The van der Waals surface area contributed by atoms with Crippen LogP contribution >= 0.6 is 12.2 Å². The van der Waals surface area contributed by atoms with Crippen LogP contribution < -0.4 is 15.2 Å². The number of aromatic nitrogens is 1. The fraction of sp³-hybridized carbons (Fsp3) is 0.118. The van der Waals surface area contributed by atoms with Gasteiger partial charge in [-0.25, -0.2) is 13.6 Å². The van der Waals surface area contributed by atoms with E-state index in [2.05, 4.69) is 15.5 Å². The maximum atomic E-state index is 11.4. The van der Waals surface area contributed by atoms with Gasteiger partial charge in [0.2, 0.25) is 21.0 Å². The zero-order valence-corrected chi connectivity index (χ0v) is 16.6. The fourth-order valence-electron chi connectivity index (χ4n) is 2.70. The third-order valence-corrected chi connectivity index (χ3v) is 5.09. The number of ether oxygens (including phenoxy) is 1. The quantitative estimate of drug-likeness (QED) is 0.440. The minimum Gasteiger partial charge on any atom is -0.495 e. The molecule has 0 fully saturated rings. The second-order valence-electron chi connectivity index (χ2n) is 5.79. The van der Waals surface area contributed by atoms with Crippen molar-refractivity contribution < 1.29 is 18.3 Å². The second kappa shape index (κ2) is 7.54. The Morgan fingerprint density at radius 1 is 1.29 bits per heavy atom. The van der Waals surface area contributed by atoms with E-state index >= 15 is 0 Å². The summed E-state index contributed by atoms with van der Waals surface area (Å²) in [5.41, 5.74) is 1.29. The minimum absolute atomic E-state index is 0.0223. The van der Waals surface area contributed by atoms with Crippen molar-refractivity contribution in [2.75, 3.05) is 12.4 Å². The zero-order chi connectivity index (χ0) is 20.5. The third-order valence-electron chi connectivity index (χ3n) is 3.99. The number of fused-ring (bicyclic) bond motifs is 1. The molecule has 146 valence electrons. The number of primary sulfonamides is 1. The molecular formula is C17H17N5O4S2. The highest BCUT2D eigenvalue weighted by atomic mass is 32.2. The van der Waals surface area contributed by atoms with Crippen molar-refractivity contribution in [3.63, 3.8) is 0 Å². The number of nitrogens with zero attached hydrogens (tertiary/aromatic N) is 3. The number of benzene rings is 2. The Kier molecular flexibility index (Phi) is 5.31. The Labute approximate surface area is 166 Å². The molecule has 3 rings (SSSR count). The van der Waals surface area contributed by atoms with Crippen LogP contribution in [0.2, 0.25) is 0 Å². The van der Waals surface area contributed by atoms with Crippen molar-refractivity contribution in [3.8, 4) is 11.6 Å². The molecule has 0 aliphatic carbocycles. The first-order chi connectivity index (χ1) is 13.2. The van der Waals surface area contributed by atoms with Crippen LogP contribution in [0.4, 0.5) is 11.4 Å². The maximum absolute atomic E-state index is 11.4.